The fraction of sp³-hybridized carbons (Fsp3) is 0. The molecule has 0 unspecified atom stereocenters. The van der Waals surface area contributed by atoms with Crippen molar-refractivity contribution in [2.45, 2.75) is 0 Å². The van der Waals surface area contributed by atoms with Gasteiger partial charge in [0.1, 0.15) is 4.60 Å². The van der Waals surface area contributed by atoms with Crippen LogP contribution in [-0.2, 0) is 0 Å². The molecule has 0 aliphatic rings. The molecule has 0 aromatic carbocycles. The number of nitrogens with two attached hydrogens (primary N) is 1. The summed E-state index contributed by atoms with van der Waals surface area (Å²) in [5, 5.41) is 6.67. The van der Waals surface area contributed by atoms with Gasteiger partial charge in [-0.05, 0) is 15.9 Å². The molecule has 0 saturated heterocycles. The number of anilines is 1. The Kier molecular flexibility index (Phi) is 1.93. The Balaban J connectivity index is 2.40. The van der Waals surface area contributed by atoms with Crippen LogP contribution in [0.5, 0.6) is 0 Å². The first-order chi connectivity index (χ1) is 7.77. The van der Waals surface area contributed by atoms with E-state index in [4.69, 9.17) is 5.73 Å². The number of nitrogens with zero attached hydrogens (tertiary/aromatic N) is 4. The van der Waals surface area contributed by atoms with Gasteiger partial charge in [-0.1, -0.05) is 0 Å². The first-order valence-corrected chi connectivity index (χ1v) is 5.33. The number of hydrogen-bond donors (Lipinski definition) is 2. The molecule has 3 aromatic heterocycles. The third-order valence-corrected chi connectivity index (χ3v) is 2.87. The molecule has 0 amide bonds. The van der Waals surface area contributed by atoms with Crippen LogP contribution >= 0.6 is 15.9 Å². The van der Waals surface area contributed by atoms with Gasteiger partial charge in [-0.25, -0.2) is 9.97 Å². The highest BCUT2D eigenvalue weighted by Crippen LogP contribution is 2.25. The van der Waals surface area contributed by atoms with Gasteiger partial charge in [0, 0.05) is 11.8 Å². The van der Waals surface area contributed by atoms with Crippen LogP contribution < -0.4 is 5.73 Å². The molecule has 3 N–H and O–H groups in total. The first-order valence-electron chi connectivity index (χ1n) is 4.54. The van der Waals surface area contributed by atoms with E-state index in [0.717, 1.165) is 15.9 Å². The maximum Gasteiger partial charge on any atom is 0.181 e. The maximum atomic E-state index is 5.75. The monoisotopic (exact) mass is 278 g/mol. The minimum Gasteiger partial charge on any atom is -0.381 e. The summed E-state index contributed by atoms with van der Waals surface area (Å²) in [4.78, 5) is 8.26. The van der Waals surface area contributed by atoms with Crippen LogP contribution in [-0.4, -0.2) is 24.6 Å². The predicted molar refractivity (Wildman–Crippen MR) is 62.7 cm³/mol. The van der Waals surface area contributed by atoms with Crippen molar-refractivity contribution in [1.29, 1.82) is 0 Å². The van der Waals surface area contributed by atoms with Crippen LogP contribution in [0.2, 0.25) is 0 Å². The van der Waals surface area contributed by atoms with Crippen LogP contribution in [0.4, 0.5) is 5.82 Å². The first kappa shape index (κ1) is 9.34. The van der Waals surface area contributed by atoms with E-state index in [1.807, 2.05) is 4.40 Å². The predicted octanol–water partition coefficient (Wildman–Crippen LogP) is 1.46. The summed E-state index contributed by atoms with van der Waals surface area (Å²) in [6.45, 7) is 0. The largest absolute Gasteiger partial charge is 0.381 e. The number of hydrogen-bond acceptors (Lipinski definition) is 4. The normalized spacial score (nSPS) is 11.1. The van der Waals surface area contributed by atoms with Gasteiger partial charge >= 0.3 is 0 Å². The van der Waals surface area contributed by atoms with Gasteiger partial charge < -0.3 is 5.73 Å². The number of halogens is 1. The SMILES string of the molecule is Nc1ncc(Br)n2c(-c3cn[nH]c3)cnc12. The standard InChI is InChI=1S/C9H7BrN6/c10-7-4-12-8(11)9-13-3-6(16(7)9)5-1-14-15-2-5/h1-4H,(H2,11,12)(H,14,15). The Morgan fingerprint density at radius 3 is 2.88 bits per heavy atom. The quantitative estimate of drug-likeness (QED) is 0.706. The Morgan fingerprint density at radius 1 is 1.25 bits per heavy atom. The molecule has 6 nitrogen and oxygen atoms in total. The molecule has 3 aromatic rings. The van der Waals surface area contributed by atoms with Crippen molar-refractivity contribution in [2.75, 3.05) is 5.73 Å². The van der Waals surface area contributed by atoms with E-state index in [0.29, 0.717) is 11.5 Å². The highest BCUT2D eigenvalue weighted by atomic mass is 79.9. The summed E-state index contributed by atoms with van der Waals surface area (Å²) in [5.74, 6) is 0.401. The molecule has 80 valence electrons. The summed E-state index contributed by atoms with van der Waals surface area (Å²) in [5.41, 5.74) is 8.23. The van der Waals surface area contributed by atoms with Crippen molar-refractivity contribution < 1.29 is 0 Å². The Labute approximate surface area is 98.7 Å². The molecular formula is C9H7BrN6. The lowest BCUT2D eigenvalue weighted by molar-refractivity contribution is 1.09. The molecule has 0 aliphatic heterocycles. The number of H-pyrrole nitrogens is 1. The van der Waals surface area contributed by atoms with Crippen LogP contribution in [0.1, 0.15) is 0 Å². The zero-order chi connectivity index (χ0) is 11.1. The number of aromatic amines is 1. The summed E-state index contributed by atoms with van der Waals surface area (Å²) < 4.78 is 2.68. The van der Waals surface area contributed by atoms with Gasteiger partial charge in [0.05, 0.1) is 24.3 Å². The van der Waals surface area contributed by atoms with Gasteiger partial charge in [0.2, 0.25) is 0 Å². The molecule has 16 heavy (non-hydrogen) atoms. The summed E-state index contributed by atoms with van der Waals surface area (Å²) in [6.07, 6.45) is 6.91. The second kappa shape index (κ2) is 3.31. The molecule has 0 aliphatic carbocycles. The average Bonchev–Trinajstić information content (AvgIpc) is 2.90. The average molecular weight is 279 g/mol. The molecule has 0 radical (unpaired) electrons. The van der Waals surface area contributed by atoms with Gasteiger partial charge in [0.25, 0.3) is 0 Å². The molecule has 0 atom stereocenters. The van der Waals surface area contributed by atoms with Crippen LogP contribution in [0, 0.1) is 0 Å². The zero-order valence-electron chi connectivity index (χ0n) is 8.05. The molecule has 0 bridgehead atoms. The number of fused-ring (bicyclic) bond motifs is 1. The van der Waals surface area contributed by atoms with Gasteiger partial charge in [0.15, 0.2) is 11.5 Å². The maximum absolute atomic E-state index is 5.75. The number of rotatable bonds is 1. The van der Waals surface area contributed by atoms with E-state index >= 15 is 0 Å². The number of nitrogen functional groups attached to an aromatic ring is 1. The fourth-order valence-electron chi connectivity index (χ4n) is 1.58. The molecule has 3 heterocycles. The van der Waals surface area contributed by atoms with E-state index in [-0.39, 0.29) is 0 Å². The zero-order valence-corrected chi connectivity index (χ0v) is 9.64. The molecule has 0 spiro atoms. The van der Waals surface area contributed by atoms with Crippen molar-refractivity contribution in [2.24, 2.45) is 0 Å². The van der Waals surface area contributed by atoms with Crippen molar-refractivity contribution in [1.82, 2.24) is 24.6 Å². The summed E-state index contributed by atoms with van der Waals surface area (Å²) in [6, 6.07) is 0. The Bertz CT molecular complexity index is 641. The smallest absolute Gasteiger partial charge is 0.181 e. The fourth-order valence-corrected chi connectivity index (χ4v) is 2.04. The highest BCUT2D eigenvalue weighted by molar-refractivity contribution is 9.10. The highest BCUT2D eigenvalue weighted by Gasteiger charge is 2.11. The van der Waals surface area contributed by atoms with Crippen LogP contribution in [0.3, 0.4) is 0 Å². The minimum atomic E-state index is 0.401. The molecular weight excluding hydrogens is 272 g/mol. The lowest BCUT2D eigenvalue weighted by Crippen LogP contribution is -1.98. The second-order valence-corrected chi connectivity index (χ2v) is 4.07. The van der Waals surface area contributed by atoms with Crippen molar-refractivity contribution in [3.05, 3.63) is 29.4 Å². The number of imidazole rings is 1. The summed E-state index contributed by atoms with van der Waals surface area (Å²) >= 11 is 3.42. The number of aromatic nitrogens is 5. The van der Waals surface area contributed by atoms with Crippen molar-refractivity contribution in [3.63, 3.8) is 0 Å². The van der Waals surface area contributed by atoms with Crippen molar-refractivity contribution >= 4 is 27.4 Å². The van der Waals surface area contributed by atoms with E-state index in [1.54, 1.807) is 24.8 Å². The minimum absolute atomic E-state index is 0.401. The van der Waals surface area contributed by atoms with Gasteiger partial charge in [-0.15, -0.1) is 0 Å². The molecule has 3 rings (SSSR count). The third kappa shape index (κ3) is 1.21. The van der Waals surface area contributed by atoms with Crippen LogP contribution in [0.15, 0.2) is 29.4 Å². The lowest BCUT2D eigenvalue weighted by atomic mass is 10.3. The van der Waals surface area contributed by atoms with E-state index < -0.39 is 0 Å². The lowest BCUT2D eigenvalue weighted by Gasteiger charge is -2.02. The second-order valence-electron chi connectivity index (χ2n) is 3.26. The number of nitrogens with one attached hydrogen (secondary N) is 1. The van der Waals surface area contributed by atoms with Gasteiger partial charge in [-0.3, -0.25) is 9.50 Å². The molecule has 7 heteroatoms. The topological polar surface area (TPSA) is 84.9 Å². The van der Waals surface area contributed by atoms with E-state index in [9.17, 15) is 0 Å². The Hall–Kier alpha value is -1.89. The van der Waals surface area contributed by atoms with Crippen LogP contribution in [0.25, 0.3) is 16.9 Å². The molecule has 0 saturated carbocycles. The van der Waals surface area contributed by atoms with E-state index in [2.05, 4.69) is 36.1 Å². The Morgan fingerprint density at radius 2 is 2.12 bits per heavy atom. The third-order valence-electron chi connectivity index (χ3n) is 2.31. The van der Waals surface area contributed by atoms with Gasteiger partial charge in [-0.2, -0.15) is 5.10 Å². The summed E-state index contributed by atoms with van der Waals surface area (Å²) in [7, 11) is 0. The molecule has 0 fully saturated rings. The van der Waals surface area contributed by atoms with E-state index in [1.165, 1.54) is 0 Å². The van der Waals surface area contributed by atoms with Crippen molar-refractivity contribution in [3.8, 4) is 11.3 Å².